The van der Waals surface area contributed by atoms with Crippen LogP contribution in [0.1, 0.15) is 34.1 Å². The standard InChI is InChI=1S/C16H11N2.C9H20O2.Ir/c1-3-7-13(8-4-1)15-16(18-12-11-17-15)14-9-5-2-6-10-14;1-6(2)8(10)5-9(11)7(3)4;/h1-9,11-12H;6-11H,5H2,1-4H3;/q-1;;. The molecular weight excluding hydrogens is 553 g/mol. The van der Waals surface area contributed by atoms with E-state index >= 15 is 0 Å². The second kappa shape index (κ2) is 13.4. The number of benzene rings is 2. The van der Waals surface area contributed by atoms with Crippen molar-refractivity contribution in [3.05, 3.63) is 73.1 Å². The van der Waals surface area contributed by atoms with Gasteiger partial charge < -0.3 is 15.2 Å². The first-order chi connectivity index (χ1) is 13.9. The molecule has 0 aliphatic rings. The van der Waals surface area contributed by atoms with Crippen molar-refractivity contribution in [2.45, 2.75) is 46.3 Å². The van der Waals surface area contributed by atoms with Crippen LogP contribution in [0.25, 0.3) is 22.5 Å². The molecule has 0 saturated carbocycles. The van der Waals surface area contributed by atoms with Crippen LogP contribution in [-0.4, -0.2) is 32.4 Å². The molecule has 0 bridgehead atoms. The Balaban J connectivity index is 0.000000329. The molecule has 2 unspecified atom stereocenters. The molecule has 3 aromatic rings. The maximum atomic E-state index is 9.39. The van der Waals surface area contributed by atoms with Crippen LogP contribution in [0.2, 0.25) is 0 Å². The van der Waals surface area contributed by atoms with Gasteiger partial charge in [-0.15, -0.1) is 35.9 Å². The molecule has 163 valence electrons. The number of nitrogens with zero attached hydrogens (tertiary/aromatic N) is 2. The fourth-order valence-corrected chi connectivity index (χ4v) is 2.67. The van der Waals surface area contributed by atoms with Crippen molar-refractivity contribution in [2.24, 2.45) is 11.8 Å². The van der Waals surface area contributed by atoms with E-state index in [1.807, 2.05) is 82.3 Å². The van der Waals surface area contributed by atoms with E-state index in [1.54, 1.807) is 12.4 Å². The molecule has 30 heavy (non-hydrogen) atoms. The van der Waals surface area contributed by atoms with E-state index in [0.717, 1.165) is 22.5 Å². The molecule has 0 aliphatic carbocycles. The van der Waals surface area contributed by atoms with Gasteiger partial charge in [-0.05, 0) is 23.8 Å². The SMILES string of the molecule is CC(C)C(O)CC(O)C(C)C.[Ir].[c-]1ccccc1-c1nccnc1-c1ccccc1. The van der Waals surface area contributed by atoms with Gasteiger partial charge in [0, 0.05) is 38.2 Å². The summed E-state index contributed by atoms with van der Waals surface area (Å²) in [6.45, 7) is 7.82. The van der Waals surface area contributed by atoms with Crippen LogP contribution < -0.4 is 0 Å². The molecule has 0 fully saturated rings. The van der Waals surface area contributed by atoms with Crippen LogP contribution in [0.15, 0.2) is 67.0 Å². The minimum atomic E-state index is -0.368. The zero-order valence-corrected chi connectivity index (χ0v) is 20.4. The van der Waals surface area contributed by atoms with Crippen LogP contribution in [0.5, 0.6) is 0 Å². The molecule has 0 spiro atoms. The molecule has 4 nitrogen and oxygen atoms in total. The Bertz CT molecular complexity index is 772. The third-order valence-corrected chi connectivity index (χ3v) is 4.73. The average molecular weight is 584 g/mol. The van der Waals surface area contributed by atoms with Crippen LogP contribution in [0.4, 0.5) is 0 Å². The van der Waals surface area contributed by atoms with Crippen molar-refractivity contribution in [2.75, 3.05) is 0 Å². The molecule has 2 aromatic carbocycles. The molecule has 1 radical (unpaired) electrons. The smallest absolute Gasteiger partial charge is 0.0587 e. The number of hydrogen-bond acceptors (Lipinski definition) is 4. The molecule has 2 N–H and O–H groups in total. The van der Waals surface area contributed by atoms with Gasteiger partial charge in [0.2, 0.25) is 0 Å². The monoisotopic (exact) mass is 584 g/mol. The molecule has 0 aliphatic heterocycles. The second-order valence-corrected chi connectivity index (χ2v) is 7.75. The van der Waals surface area contributed by atoms with E-state index in [2.05, 4.69) is 16.0 Å². The summed E-state index contributed by atoms with van der Waals surface area (Å²) in [6.07, 6.45) is 3.19. The Morgan fingerprint density at radius 3 is 1.80 bits per heavy atom. The number of rotatable bonds is 6. The van der Waals surface area contributed by atoms with E-state index in [1.165, 1.54) is 0 Å². The number of aliphatic hydroxyl groups is 2. The van der Waals surface area contributed by atoms with Crippen molar-refractivity contribution in [1.29, 1.82) is 0 Å². The summed E-state index contributed by atoms with van der Waals surface area (Å²) < 4.78 is 0. The molecule has 2 atom stereocenters. The Hall–Kier alpha value is -1.91. The average Bonchev–Trinajstić information content (AvgIpc) is 2.75. The first-order valence-electron chi connectivity index (χ1n) is 10.1. The van der Waals surface area contributed by atoms with E-state index in [-0.39, 0.29) is 44.1 Å². The molecule has 3 rings (SSSR count). The third kappa shape index (κ3) is 8.08. The van der Waals surface area contributed by atoms with E-state index in [0.29, 0.717) is 6.42 Å². The third-order valence-electron chi connectivity index (χ3n) is 4.73. The first-order valence-corrected chi connectivity index (χ1v) is 10.1. The Kier molecular flexibility index (Phi) is 11.7. The summed E-state index contributed by atoms with van der Waals surface area (Å²) in [5.41, 5.74) is 3.78. The van der Waals surface area contributed by atoms with E-state index in [9.17, 15) is 10.2 Å². The fourth-order valence-electron chi connectivity index (χ4n) is 2.67. The van der Waals surface area contributed by atoms with Crippen molar-refractivity contribution in [3.8, 4) is 22.5 Å². The van der Waals surface area contributed by atoms with Crippen molar-refractivity contribution in [3.63, 3.8) is 0 Å². The molecule has 0 saturated heterocycles. The van der Waals surface area contributed by atoms with Gasteiger partial charge in [-0.25, -0.2) is 0 Å². The van der Waals surface area contributed by atoms with Gasteiger partial charge in [-0.3, -0.25) is 4.98 Å². The predicted octanol–water partition coefficient (Wildman–Crippen LogP) is 5.02. The molecule has 0 amide bonds. The minimum Gasteiger partial charge on any atom is -0.393 e. The zero-order chi connectivity index (χ0) is 21.2. The minimum absolute atomic E-state index is 0. The van der Waals surface area contributed by atoms with Crippen molar-refractivity contribution in [1.82, 2.24) is 9.97 Å². The molecule has 1 aromatic heterocycles. The Morgan fingerprint density at radius 1 is 0.767 bits per heavy atom. The van der Waals surface area contributed by atoms with Crippen LogP contribution in [0, 0.1) is 17.9 Å². The first kappa shape index (κ1) is 26.1. The molecular formula is C25H31IrN2O2-. The maximum absolute atomic E-state index is 9.39. The summed E-state index contributed by atoms with van der Waals surface area (Å²) in [6, 6.07) is 21.1. The summed E-state index contributed by atoms with van der Waals surface area (Å²) in [5.74, 6) is 0.479. The Morgan fingerprint density at radius 2 is 1.30 bits per heavy atom. The van der Waals surface area contributed by atoms with Gasteiger partial charge in [0.25, 0.3) is 0 Å². The van der Waals surface area contributed by atoms with E-state index in [4.69, 9.17) is 0 Å². The largest absolute Gasteiger partial charge is 0.393 e. The van der Waals surface area contributed by atoms with Gasteiger partial charge in [-0.2, -0.15) is 0 Å². The summed E-state index contributed by atoms with van der Waals surface area (Å²) in [4.78, 5) is 8.87. The van der Waals surface area contributed by atoms with Crippen LogP contribution >= 0.6 is 0 Å². The molecule has 1 heterocycles. The van der Waals surface area contributed by atoms with Crippen molar-refractivity contribution >= 4 is 0 Å². The number of hydrogen-bond donors (Lipinski definition) is 2. The van der Waals surface area contributed by atoms with Gasteiger partial charge in [0.1, 0.15) is 0 Å². The predicted molar refractivity (Wildman–Crippen MR) is 118 cm³/mol. The normalized spacial score (nSPS) is 12.5. The number of aliphatic hydroxyl groups excluding tert-OH is 2. The maximum Gasteiger partial charge on any atom is 0.0587 e. The fraction of sp³-hybridized carbons (Fsp3) is 0.360. The van der Waals surface area contributed by atoms with Gasteiger partial charge in [-0.1, -0.05) is 58.0 Å². The van der Waals surface area contributed by atoms with Crippen LogP contribution in [0.3, 0.4) is 0 Å². The quantitative estimate of drug-likeness (QED) is 0.400. The summed E-state index contributed by atoms with van der Waals surface area (Å²) >= 11 is 0. The summed E-state index contributed by atoms with van der Waals surface area (Å²) in [7, 11) is 0. The van der Waals surface area contributed by atoms with Crippen LogP contribution in [-0.2, 0) is 20.1 Å². The topological polar surface area (TPSA) is 66.2 Å². The summed E-state index contributed by atoms with van der Waals surface area (Å²) in [5, 5.41) is 18.8. The van der Waals surface area contributed by atoms with Gasteiger partial charge in [0.05, 0.1) is 17.9 Å². The zero-order valence-electron chi connectivity index (χ0n) is 18.0. The van der Waals surface area contributed by atoms with E-state index < -0.39 is 0 Å². The Labute approximate surface area is 193 Å². The van der Waals surface area contributed by atoms with Gasteiger partial charge in [0.15, 0.2) is 0 Å². The second-order valence-electron chi connectivity index (χ2n) is 7.75. The number of aromatic nitrogens is 2. The van der Waals surface area contributed by atoms with Crippen molar-refractivity contribution < 1.29 is 30.3 Å². The molecule has 5 heteroatoms. The van der Waals surface area contributed by atoms with Gasteiger partial charge >= 0.3 is 0 Å².